The molecule has 0 saturated heterocycles. The number of methoxy groups -OCH3 is 2. The summed E-state index contributed by atoms with van der Waals surface area (Å²) in [5.41, 5.74) is 0.151. The van der Waals surface area contributed by atoms with E-state index in [9.17, 15) is 19.5 Å². The van der Waals surface area contributed by atoms with Crippen LogP contribution in [0.2, 0.25) is 0 Å². The zero-order chi connectivity index (χ0) is 15.1. The van der Waals surface area contributed by atoms with E-state index < -0.39 is 17.8 Å². The predicted octanol–water partition coefficient (Wildman–Crippen LogP) is 0.180. The number of hydrogen-bond donors (Lipinski definition) is 1. The number of amides is 1. The molecular formula is C13H15NO6. The van der Waals surface area contributed by atoms with E-state index in [0.717, 1.165) is 4.90 Å². The zero-order valence-electron chi connectivity index (χ0n) is 11.2. The van der Waals surface area contributed by atoms with Crippen molar-refractivity contribution in [3.63, 3.8) is 0 Å². The Hall–Kier alpha value is -2.57. The predicted molar refractivity (Wildman–Crippen MR) is 68.0 cm³/mol. The van der Waals surface area contributed by atoms with Crippen LogP contribution >= 0.6 is 0 Å². The van der Waals surface area contributed by atoms with Gasteiger partial charge in [-0.2, -0.15) is 0 Å². The van der Waals surface area contributed by atoms with Crippen LogP contribution in [0.1, 0.15) is 10.4 Å². The SMILES string of the molecule is COC(=O)CN(CC(=O)OC)C(=O)c1cccc(O)c1. The maximum absolute atomic E-state index is 12.2. The van der Waals surface area contributed by atoms with E-state index in [0.29, 0.717) is 0 Å². The fourth-order valence-electron chi connectivity index (χ4n) is 1.46. The maximum Gasteiger partial charge on any atom is 0.325 e. The smallest absolute Gasteiger partial charge is 0.325 e. The summed E-state index contributed by atoms with van der Waals surface area (Å²) < 4.78 is 8.94. The van der Waals surface area contributed by atoms with Crippen LogP contribution in [0.25, 0.3) is 0 Å². The van der Waals surface area contributed by atoms with Gasteiger partial charge in [0.2, 0.25) is 0 Å². The van der Waals surface area contributed by atoms with Gasteiger partial charge >= 0.3 is 11.9 Å². The second-order valence-corrected chi connectivity index (χ2v) is 3.86. The highest BCUT2D eigenvalue weighted by molar-refractivity contribution is 5.98. The Kier molecular flexibility index (Phi) is 5.52. The van der Waals surface area contributed by atoms with Gasteiger partial charge in [-0.05, 0) is 18.2 Å². The second-order valence-electron chi connectivity index (χ2n) is 3.86. The molecule has 0 radical (unpaired) electrons. The van der Waals surface area contributed by atoms with Gasteiger partial charge in [-0.3, -0.25) is 14.4 Å². The average Bonchev–Trinajstić information content (AvgIpc) is 2.45. The first-order valence-electron chi connectivity index (χ1n) is 5.70. The first-order valence-corrected chi connectivity index (χ1v) is 5.70. The number of phenols is 1. The Labute approximate surface area is 115 Å². The molecule has 0 aromatic heterocycles. The van der Waals surface area contributed by atoms with Gasteiger partial charge < -0.3 is 19.5 Å². The first-order chi connectivity index (χ1) is 9.47. The van der Waals surface area contributed by atoms with E-state index in [1.165, 1.54) is 38.5 Å². The normalized spacial score (nSPS) is 9.70. The van der Waals surface area contributed by atoms with Crippen LogP contribution in [0.4, 0.5) is 0 Å². The van der Waals surface area contributed by atoms with Crippen LogP contribution < -0.4 is 0 Å². The Morgan fingerprint density at radius 1 is 1.10 bits per heavy atom. The molecule has 0 fully saturated rings. The summed E-state index contributed by atoms with van der Waals surface area (Å²) in [6, 6.07) is 5.59. The van der Waals surface area contributed by atoms with Gasteiger partial charge in [0.1, 0.15) is 18.8 Å². The number of phenolic OH excluding ortho intramolecular Hbond substituents is 1. The molecule has 1 rings (SSSR count). The minimum atomic E-state index is -0.664. The number of nitrogens with zero attached hydrogens (tertiary/aromatic N) is 1. The van der Waals surface area contributed by atoms with Crippen molar-refractivity contribution in [2.24, 2.45) is 0 Å². The molecule has 108 valence electrons. The van der Waals surface area contributed by atoms with Crippen LogP contribution in [-0.4, -0.2) is 55.2 Å². The van der Waals surface area contributed by atoms with E-state index in [1.807, 2.05) is 0 Å². The van der Waals surface area contributed by atoms with Crippen molar-refractivity contribution in [3.8, 4) is 5.75 Å². The molecule has 0 atom stereocenters. The third kappa shape index (κ3) is 4.27. The lowest BCUT2D eigenvalue weighted by Crippen LogP contribution is -2.40. The van der Waals surface area contributed by atoms with Gasteiger partial charge in [0.25, 0.3) is 5.91 Å². The number of carbonyl (C=O) groups is 3. The quantitative estimate of drug-likeness (QED) is 0.774. The number of aromatic hydroxyl groups is 1. The molecular weight excluding hydrogens is 266 g/mol. The van der Waals surface area contributed by atoms with E-state index in [2.05, 4.69) is 9.47 Å². The zero-order valence-corrected chi connectivity index (χ0v) is 11.2. The lowest BCUT2D eigenvalue weighted by atomic mass is 10.2. The van der Waals surface area contributed by atoms with Gasteiger partial charge in [0.15, 0.2) is 0 Å². The molecule has 20 heavy (non-hydrogen) atoms. The van der Waals surface area contributed by atoms with Gasteiger partial charge in [-0.15, -0.1) is 0 Å². The summed E-state index contributed by atoms with van der Waals surface area (Å²) in [4.78, 5) is 35.7. The second kappa shape index (κ2) is 7.13. The topological polar surface area (TPSA) is 93.1 Å². The Morgan fingerprint density at radius 3 is 2.10 bits per heavy atom. The maximum atomic E-state index is 12.2. The van der Waals surface area contributed by atoms with Crippen molar-refractivity contribution in [3.05, 3.63) is 29.8 Å². The number of esters is 2. The first kappa shape index (κ1) is 15.5. The fraction of sp³-hybridized carbons (Fsp3) is 0.308. The van der Waals surface area contributed by atoms with Gasteiger partial charge in [-0.1, -0.05) is 6.07 Å². The summed E-state index contributed by atoms with van der Waals surface area (Å²) in [7, 11) is 2.36. The molecule has 0 saturated carbocycles. The Balaban J connectivity index is 2.93. The summed E-state index contributed by atoms with van der Waals surface area (Å²) >= 11 is 0. The fourth-order valence-corrected chi connectivity index (χ4v) is 1.46. The van der Waals surface area contributed by atoms with Crippen molar-refractivity contribution in [2.45, 2.75) is 0 Å². The minimum Gasteiger partial charge on any atom is -0.508 e. The molecule has 0 heterocycles. The molecule has 0 spiro atoms. The van der Waals surface area contributed by atoms with Crippen LogP contribution in [0.5, 0.6) is 5.75 Å². The third-order valence-electron chi connectivity index (χ3n) is 2.48. The average molecular weight is 281 g/mol. The summed E-state index contributed by atoms with van der Waals surface area (Å²) in [6.07, 6.45) is 0. The molecule has 0 aliphatic rings. The summed E-state index contributed by atoms with van der Waals surface area (Å²) in [5.74, 6) is -2.01. The molecule has 0 aliphatic carbocycles. The number of carbonyl (C=O) groups excluding carboxylic acids is 3. The van der Waals surface area contributed by atoms with Gasteiger partial charge in [0.05, 0.1) is 14.2 Å². The number of rotatable bonds is 5. The monoisotopic (exact) mass is 281 g/mol. The highest BCUT2D eigenvalue weighted by Gasteiger charge is 2.22. The molecule has 0 bridgehead atoms. The largest absolute Gasteiger partial charge is 0.508 e. The van der Waals surface area contributed by atoms with Crippen LogP contribution in [0.15, 0.2) is 24.3 Å². The van der Waals surface area contributed by atoms with Crippen LogP contribution in [0.3, 0.4) is 0 Å². The highest BCUT2D eigenvalue weighted by atomic mass is 16.5. The highest BCUT2D eigenvalue weighted by Crippen LogP contribution is 2.13. The molecule has 1 amide bonds. The molecule has 1 N–H and O–H groups in total. The van der Waals surface area contributed by atoms with Crippen molar-refractivity contribution in [2.75, 3.05) is 27.3 Å². The van der Waals surface area contributed by atoms with Gasteiger partial charge in [-0.25, -0.2) is 0 Å². The Bertz CT molecular complexity index is 495. The van der Waals surface area contributed by atoms with E-state index in [1.54, 1.807) is 0 Å². The van der Waals surface area contributed by atoms with Crippen molar-refractivity contribution >= 4 is 17.8 Å². The van der Waals surface area contributed by atoms with Crippen LogP contribution in [0, 0.1) is 0 Å². The number of benzene rings is 1. The molecule has 0 aliphatic heterocycles. The van der Waals surface area contributed by atoms with Crippen molar-refractivity contribution in [1.82, 2.24) is 4.90 Å². The number of ether oxygens (including phenoxy) is 2. The van der Waals surface area contributed by atoms with E-state index >= 15 is 0 Å². The van der Waals surface area contributed by atoms with E-state index in [-0.39, 0.29) is 24.4 Å². The van der Waals surface area contributed by atoms with Gasteiger partial charge in [0, 0.05) is 5.56 Å². The minimum absolute atomic E-state index is 0.0908. The molecule has 7 nitrogen and oxygen atoms in total. The molecule has 0 unspecified atom stereocenters. The molecule has 7 heteroatoms. The van der Waals surface area contributed by atoms with Crippen LogP contribution in [-0.2, 0) is 19.1 Å². The number of hydrogen-bond acceptors (Lipinski definition) is 6. The Morgan fingerprint density at radius 2 is 1.65 bits per heavy atom. The lowest BCUT2D eigenvalue weighted by molar-refractivity contribution is -0.144. The third-order valence-corrected chi connectivity index (χ3v) is 2.48. The standard InChI is InChI=1S/C13H15NO6/c1-19-11(16)7-14(8-12(17)20-2)13(18)9-4-3-5-10(15)6-9/h3-6,15H,7-8H2,1-2H3. The van der Waals surface area contributed by atoms with E-state index in [4.69, 9.17) is 0 Å². The summed E-state index contributed by atoms with van der Waals surface area (Å²) in [5, 5.41) is 9.35. The summed E-state index contributed by atoms with van der Waals surface area (Å²) in [6.45, 7) is -0.778. The van der Waals surface area contributed by atoms with Crippen molar-refractivity contribution < 1.29 is 29.0 Å². The van der Waals surface area contributed by atoms with Crippen molar-refractivity contribution in [1.29, 1.82) is 0 Å². The molecule has 1 aromatic rings. The lowest BCUT2D eigenvalue weighted by Gasteiger charge is -2.20. The molecule has 1 aromatic carbocycles.